The number of hydrogen-bond acceptors (Lipinski definition) is 5. The van der Waals surface area contributed by atoms with Crippen LogP contribution >= 0.6 is 0 Å². The normalized spacial score (nSPS) is 13.6. The summed E-state index contributed by atoms with van der Waals surface area (Å²) < 4.78 is 0. The smallest absolute Gasteiger partial charge is 0.223 e. The highest BCUT2D eigenvalue weighted by molar-refractivity contribution is 5.80. The number of carbonyl (C=O) groups excluding carboxylic acids is 1. The highest BCUT2D eigenvalue weighted by Gasteiger charge is 2.24. The summed E-state index contributed by atoms with van der Waals surface area (Å²) in [6.07, 6.45) is 3.43. The van der Waals surface area contributed by atoms with Crippen molar-refractivity contribution in [2.75, 3.05) is 25.5 Å². The molecule has 0 fully saturated rings. The number of benzene rings is 1. The summed E-state index contributed by atoms with van der Waals surface area (Å²) in [6.45, 7) is 5.43. The third-order valence-corrected chi connectivity index (χ3v) is 5.56. The van der Waals surface area contributed by atoms with Gasteiger partial charge in [-0.25, -0.2) is 15.0 Å². The first-order chi connectivity index (χ1) is 13.4. The highest BCUT2D eigenvalue weighted by atomic mass is 16.2. The minimum absolute atomic E-state index is 0.143. The average Bonchev–Trinajstić information content (AvgIpc) is 3.12. The summed E-state index contributed by atoms with van der Waals surface area (Å²) >= 11 is 0. The van der Waals surface area contributed by atoms with E-state index in [0.29, 0.717) is 25.9 Å². The van der Waals surface area contributed by atoms with Crippen molar-refractivity contribution >= 4 is 22.8 Å². The number of nitrogens with one attached hydrogen (secondary N) is 1. The van der Waals surface area contributed by atoms with Crippen LogP contribution in [0.15, 0.2) is 18.5 Å². The molecule has 3 aromatic rings. The highest BCUT2D eigenvalue weighted by Crippen LogP contribution is 2.25. The zero-order chi connectivity index (χ0) is 19.8. The van der Waals surface area contributed by atoms with Gasteiger partial charge in [0.15, 0.2) is 0 Å². The van der Waals surface area contributed by atoms with Crippen LogP contribution in [-0.2, 0) is 24.2 Å². The molecule has 7 nitrogen and oxygen atoms in total. The van der Waals surface area contributed by atoms with Crippen molar-refractivity contribution in [2.24, 2.45) is 0 Å². The molecule has 0 saturated carbocycles. The van der Waals surface area contributed by atoms with Gasteiger partial charge < -0.3 is 14.8 Å². The van der Waals surface area contributed by atoms with Gasteiger partial charge in [0.1, 0.15) is 18.0 Å². The molecule has 146 valence electrons. The minimum atomic E-state index is 0.143. The van der Waals surface area contributed by atoms with Crippen LogP contribution in [0.5, 0.6) is 0 Å². The number of carbonyl (C=O) groups is 1. The van der Waals surface area contributed by atoms with Gasteiger partial charge in [0.05, 0.1) is 23.3 Å². The minimum Gasteiger partial charge on any atom is -0.362 e. The molecule has 0 aliphatic carbocycles. The molecular weight excluding hydrogens is 352 g/mol. The fourth-order valence-corrected chi connectivity index (χ4v) is 3.80. The Balaban J connectivity index is 1.44. The predicted molar refractivity (Wildman–Crippen MR) is 109 cm³/mol. The van der Waals surface area contributed by atoms with Gasteiger partial charge in [0.2, 0.25) is 5.91 Å². The second kappa shape index (κ2) is 7.22. The van der Waals surface area contributed by atoms with Crippen LogP contribution in [0.25, 0.3) is 11.0 Å². The molecule has 0 bridgehead atoms. The molecule has 1 aliphatic heterocycles. The number of aromatic nitrogens is 4. The van der Waals surface area contributed by atoms with Crippen LogP contribution in [0.1, 0.15) is 34.6 Å². The topological polar surface area (TPSA) is 78.0 Å². The van der Waals surface area contributed by atoms with E-state index in [1.165, 1.54) is 11.1 Å². The summed E-state index contributed by atoms with van der Waals surface area (Å²) in [7, 11) is 3.97. The van der Waals surface area contributed by atoms with E-state index in [2.05, 4.69) is 40.9 Å². The van der Waals surface area contributed by atoms with Crippen LogP contribution in [0.4, 0.5) is 5.82 Å². The molecule has 0 spiro atoms. The molecule has 0 radical (unpaired) electrons. The molecule has 4 rings (SSSR count). The number of hydrogen-bond donors (Lipinski definition) is 1. The van der Waals surface area contributed by atoms with Crippen LogP contribution in [0.2, 0.25) is 0 Å². The van der Waals surface area contributed by atoms with E-state index < -0.39 is 0 Å². The van der Waals surface area contributed by atoms with Gasteiger partial charge in [0, 0.05) is 39.0 Å². The van der Waals surface area contributed by atoms with E-state index >= 15 is 0 Å². The SMILES string of the molecule is Cc1ccc2[nH]c(CCC(=O)N3CCc4c(ncnc4N(C)C)C3)nc2c1C. The van der Waals surface area contributed by atoms with Crippen molar-refractivity contribution in [1.82, 2.24) is 24.8 Å². The number of aromatic amines is 1. The van der Waals surface area contributed by atoms with Crippen molar-refractivity contribution in [3.05, 3.63) is 46.7 Å². The van der Waals surface area contributed by atoms with Crippen LogP contribution in [0.3, 0.4) is 0 Å². The number of rotatable bonds is 4. The van der Waals surface area contributed by atoms with E-state index in [0.717, 1.165) is 40.4 Å². The summed E-state index contributed by atoms with van der Waals surface area (Å²) in [4.78, 5) is 33.5. The second-order valence-electron chi connectivity index (χ2n) is 7.67. The van der Waals surface area contributed by atoms with E-state index in [9.17, 15) is 4.79 Å². The Morgan fingerprint density at radius 2 is 2.07 bits per heavy atom. The summed E-state index contributed by atoms with van der Waals surface area (Å²) in [5.41, 5.74) is 6.56. The molecule has 1 amide bonds. The lowest BCUT2D eigenvalue weighted by Gasteiger charge is -2.30. The first kappa shape index (κ1) is 18.4. The zero-order valence-corrected chi connectivity index (χ0v) is 16.9. The molecule has 2 aromatic heterocycles. The monoisotopic (exact) mass is 378 g/mol. The second-order valence-corrected chi connectivity index (χ2v) is 7.67. The lowest BCUT2D eigenvalue weighted by Crippen LogP contribution is -2.37. The summed E-state index contributed by atoms with van der Waals surface area (Å²) in [5.74, 6) is 1.96. The molecule has 1 aliphatic rings. The summed E-state index contributed by atoms with van der Waals surface area (Å²) in [6, 6.07) is 4.15. The number of nitrogens with zero attached hydrogens (tertiary/aromatic N) is 5. The van der Waals surface area contributed by atoms with Crippen molar-refractivity contribution in [1.29, 1.82) is 0 Å². The number of H-pyrrole nitrogens is 1. The fraction of sp³-hybridized carbons (Fsp3) is 0.429. The molecule has 0 unspecified atom stereocenters. The lowest BCUT2D eigenvalue weighted by molar-refractivity contribution is -0.132. The fourth-order valence-electron chi connectivity index (χ4n) is 3.80. The van der Waals surface area contributed by atoms with Crippen LogP contribution < -0.4 is 4.90 Å². The molecule has 28 heavy (non-hydrogen) atoms. The van der Waals surface area contributed by atoms with Gasteiger partial charge in [-0.1, -0.05) is 6.07 Å². The maximum Gasteiger partial charge on any atom is 0.223 e. The Labute approximate surface area is 164 Å². The third kappa shape index (κ3) is 3.32. The number of aryl methyl sites for hydroxylation is 3. The lowest BCUT2D eigenvalue weighted by atomic mass is 10.0. The number of imidazole rings is 1. The van der Waals surface area contributed by atoms with E-state index in [4.69, 9.17) is 4.98 Å². The molecule has 1 aromatic carbocycles. The predicted octanol–water partition coefficient (Wildman–Crippen LogP) is 2.55. The van der Waals surface area contributed by atoms with E-state index in [1.54, 1.807) is 6.33 Å². The molecular formula is C21H26N6O. The Morgan fingerprint density at radius 1 is 1.25 bits per heavy atom. The van der Waals surface area contributed by atoms with Crippen molar-refractivity contribution in [2.45, 2.75) is 39.7 Å². The number of fused-ring (bicyclic) bond motifs is 2. The average molecular weight is 378 g/mol. The van der Waals surface area contributed by atoms with E-state index in [-0.39, 0.29) is 5.91 Å². The van der Waals surface area contributed by atoms with Gasteiger partial charge in [-0.15, -0.1) is 0 Å². The van der Waals surface area contributed by atoms with Gasteiger partial charge in [-0.2, -0.15) is 0 Å². The number of anilines is 1. The molecule has 0 atom stereocenters. The van der Waals surface area contributed by atoms with Gasteiger partial charge >= 0.3 is 0 Å². The Kier molecular flexibility index (Phi) is 4.75. The maximum atomic E-state index is 12.8. The Bertz CT molecular complexity index is 1040. The Morgan fingerprint density at radius 3 is 2.86 bits per heavy atom. The van der Waals surface area contributed by atoms with E-state index in [1.807, 2.05) is 23.9 Å². The molecule has 3 heterocycles. The number of amides is 1. The Hall–Kier alpha value is -2.96. The van der Waals surface area contributed by atoms with Gasteiger partial charge in [-0.3, -0.25) is 4.79 Å². The molecule has 1 N–H and O–H groups in total. The molecule has 0 saturated heterocycles. The van der Waals surface area contributed by atoms with Crippen LogP contribution in [0, 0.1) is 13.8 Å². The summed E-state index contributed by atoms with van der Waals surface area (Å²) in [5, 5.41) is 0. The van der Waals surface area contributed by atoms with Gasteiger partial charge in [0.25, 0.3) is 0 Å². The van der Waals surface area contributed by atoms with Gasteiger partial charge in [-0.05, 0) is 37.5 Å². The quantitative estimate of drug-likeness (QED) is 0.755. The maximum absolute atomic E-state index is 12.8. The third-order valence-electron chi connectivity index (χ3n) is 5.56. The standard InChI is InChI=1S/C21H26N6O/c1-13-5-6-16-20(14(13)2)25-18(24-16)7-8-19(28)27-10-9-15-17(11-27)22-12-23-21(15)26(3)4/h5-6,12H,7-11H2,1-4H3,(H,24,25). The van der Waals surface area contributed by atoms with Crippen LogP contribution in [-0.4, -0.2) is 51.4 Å². The van der Waals surface area contributed by atoms with Crippen molar-refractivity contribution in [3.63, 3.8) is 0 Å². The first-order valence-corrected chi connectivity index (χ1v) is 9.66. The zero-order valence-electron chi connectivity index (χ0n) is 16.9. The van der Waals surface area contributed by atoms with Crippen molar-refractivity contribution < 1.29 is 4.79 Å². The molecule has 7 heteroatoms. The first-order valence-electron chi connectivity index (χ1n) is 9.66. The largest absolute Gasteiger partial charge is 0.362 e. The van der Waals surface area contributed by atoms with Crippen molar-refractivity contribution in [3.8, 4) is 0 Å².